The predicted molar refractivity (Wildman–Crippen MR) is 104 cm³/mol. The molecule has 0 aliphatic carbocycles. The topological polar surface area (TPSA) is 128 Å². The van der Waals surface area contributed by atoms with Crippen molar-refractivity contribution in [3.63, 3.8) is 0 Å². The van der Waals surface area contributed by atoms with Crippen LogP contribution in [0, 0.1) is 0 Å². The molecule has 0 spiro atoms. The summed E-state index contributed by atoms with van der Waals surface area (Å²) >= 11 is 1.22. The van der Waals surface area contributed by atoms with E-state index in [9.17, 15) is 19.5 Å². The van der Waals surface area contributed by atoms with Crippen LogP contribution in [0.3, 0.4) is 0 Å². The maximum absolute atomic E-state index is 12.5. The Kier molecular flexibility index (Phi) is 6.35. The highest BCUT2D eigenvalue weighted by atomic mass is 32.2. The second-order valence-corrected chi connectivity index (χ2v) is 6.81. The Morgan fingerprint density at radius 1 is 1.24 bits per heavy atom. The number of hydrogen-bond donors (Lipinski definition) is 2. The summed E-state index contributed by atoms with van der Waals surface area (Å²) in [5, 5.41) is 16.1. The molecule has 2 aromatic carbocycles. The maximum Gasteiger partial charge on any atom is 0.412 e. The van der Waals surface area contributed by atoms with Gasteiger partial charge in [0.05, 0.1) is 7.11 Å². The van der Waals surface area contributed by atoms with E-state index >= 15 is 0 Å². The standard InChI is InChI=1S/C19H16N2O7S/c1-26-18(24)16-15-13(22)9-12(10-14(23)17(15)28-21-16)29-8-7-20-19(25)27-11-5-3-2-4-6-11/h2-6,9-10,23H,7-8H2,1H3,(H,20,25). The largest absolute Gasteiger partial charge is 0.504 e. The third kappa shape index (κ3) is 4.85. The summed E-state index contributed by atoms with van der Waals surface area (Å²) in [7, 11) is 1.15. The van der Waals surface area contributed by atoms with Crippen molar-refractivity contribution in [2.45, 2.75) is 4.90 Å². The van der Waals surface area contributed by atoms with Crippen molar-refractivity contribution in [2.75, 3.05) is 19.4 Å². The molecule has 0 unspecified atom stereocenters. The Bertz CT molecular complexity index is 1100. The van der Waals surface area contributed by atoms with E-state index in [0.29, 0.717) is 16.4 Å². The number of benzene rings is 1. The molecule has 0 saturated carbocycles. The van der Waals surface area contributed by atoms with Crippen molar-refractivity contribution in [2.24, 2.45) is 0 Å². The minimum atomic E-state index is -0.846. The fraction of sp³-hybridized carbons (Fsp3) is 0.158. The Balaban J connectivity index is 1.65. The SMILES string of the molecule is COC(=O)c1noc2c(O)cc(SCCNC(=O)Oc3ccccc3)cc(=O)c12. The third-order valence-corrected chi connectivity index (χ3v) is 4.67. The molecule has 0 aliphatic heterocycles. The number of carbonyl (C=O) groups excluding carboxylic acids is 2. The summed E-state index contributed by atoms with van der Waals surface area (Å²) in [5.41, 5.74) is -1.06. The van der Waals surface area contributed by atoms with Crippen molar-refractivity contribution < 1.29 is 28.7 Å². The van der Waals surface area contributed by atoms with Crippen LogP contribution >= 0.6 is 11.8 Å². The number of aromatic hydroxyl groups is 1. The molecule has 0 aliphatic rings. The lowest BCUT2D eigenvalue weighted by Gasteiger charge is -2.06. The number of fused-ring (bicyclic) bond motifs is 1. The molecule has 1 aromatic heterocycles. The molecule has 3 rings (SSSR count). The van der Waals surface area contributed by atoms with Gasteiger partial charge in [-0.05, 0) is 18.2 Å². The van der Waals surface area contributed by atoms with Crippen LogP contribution in [-0.4, -0.2) is 41.7 Å². The zero-order valence-corrected chi connectivity index (χ0v) is 16.0. The molecule has 2 N–H and O–H groups in total. The number of ether oxygens (including phenoxy) is 2. The molecule has 10 heteroatoms. The van der Waals surface area contributed by atoms with E-state index in [1.54, 1.807) is 24.3 Å². The number of methoxy groups -OCH3 is 1. The molecule has 0 radical (unpaired) electrons. The van der Waals surface area contributed by atoms with Crippen molar-refractivity contribution in [3.8, 4) is 11.5 Å². The van der Waals surface area contributed by atoms with Gasteiger partial charge in [-0.15, -0.1) is 11.8 Å². The zero-order chi connectivity index (χ0) is 20.8. The van der Waals surface area contributed by atoms with Gasteiger partial charge in [0, 0.05) is 23.3 Å². The minimum Gasteiger partial charge on any atom is -0.504 e. The summed E-state index contributed by atoms with van der Waals surface area (Å²) in [6, 6.07) is 11.2. The van der Waals surface area contributed by atoms with Gasteiger partial charge in [-0.2, -0.15) is 0 Å². The van der Waals surface area contributed by atoms with Gasteiger partial charge < -0.3 is 24.4 Å². The van der Waals surface area contributed by atoms with Crippen molar-refractivity contribution >= 4 is 34.8 Å². The zero-order valence-electron chi connectivity index (χ0n) is 15.2. The van der Waals surface area contributed by atoms with Gasteiger partial charge in [-0.1, -0.05) is 23.4 Å². The summed E-state index contributed by atoms with van der Waals surface area (Å²) in [4.78, 5) is 36.4. The maximum atomic E-state index is 12.5. The summed E-state index contributed by atoms with van der Waals surface area (Å²) in [6.45, 7) is 0.259. The monoisotopic (exact) mass is 416 g/mol. The lowest BCUT2D eigenvalue weighted by molar-refractivity contribution is 0.0591. The number of carbonyl (C=O) groups is 2. The Hall–Kier alpha value is -3.53. The van der Waals surface area contributed by atoms with Crippen molar-refractivity contribution in [3.05, 3.63) is 58.4 Å². The average molecular weight is 416 g/mol. The number of esters is 1. The van der Waals surface area contributed by atoms with Crippen LogP contribution in [0.5, 0.6) is 11.5 Å². The number of amides is 1. The van der Waals surface area contributed by atoms with E-state index in [-0.39, 0.29) is 29.0 Å². The normalized spacial score (nSPS) is 10.5. The number of rotatable bonds is 6. The Morgan fingerprint density at radius 2 is 2.00 bits per heavy atom. The molecule has 150 valence electrons. The van der Waals surface area contributed by atoms with Crippen molar-refractivity contribution in [1.82, 2.24) is 10.5 Å². The fourth-order valence-electron chi connectivity index (χ4n) is 2.41. The number of aromatic nitrogens is 1. The number of nitrogens with zero attached hydrogens (tertiary/aromatic N) is 1. The van der Waals surface area contributed by atoms with Crippen LogP contribution in [0.15, 0.2) is 56.7 Å². The highest BCUT2D eigenvalue weighted by Crippen LogP contribution is 2.28. The van der Waals surface area contributed by atoms with Gasteiger partial charge >= 0.3 is 12.1 Å². The van der Waals surface area contributed by atoms with E-state index in [4.69, 9.17) is 9.26 Å². The lowest BCUT2D eigenvalue weighted by atomic mass is 10.2. The smallest absolute Gasteiger partial charge is 0.412 e. The van der Waals surface area contributed by atoms with Gasteiger partial charge in [0.15, 0.2) is 11.2 Å². The molecule has 0 saturated heterocycles. The number of para-hydroxylation sites is 1. The average Bonchev–Trinajstić information content (AvgIpc) is 3.12. The third-order valence-electron chi connectivity index (χ3n) is 3.70. The molecular formula is C19H16N2O7S. The number of thioether (sulfide) groups is 1. The second-order valence-electron chi connectivity index (χ2n) is 5.65. The first kappa shape index (κ1) is 20.2. The Labute approximate surface area is 168 Å². The van der Waals surface area contributed by atoms with Crippen LogP contribution < -0.4 is 15.5 Å². The van der Waals surface area contributed by atoms with E-state index in [2.05, 4.69) is 15.2 Å². The first-order chi connectivity index (χ1) is 14.0. The van der Waals surface area contributed by atoms with Gasteiger partial charge in [0.2, 0.25) is 11.3 Å². The summed E-state index contributed by atoms with van der Waals surface area (Å²) in [5.74, 6) is -0.368. The van der Waals surface area contributed by atoms with E-state index < -0.39 is 17.5 Å². The molecule has 29 heavy (non-hydrogen) atoms. The first-order valence-electron chi connectivity index (χ1n) is 8.38. The van der Waals surface area contributed by atoms with Crippen LogP contribution in [0.2, 0.25) is 0 Å². The molecule has 0 fully saturated rings. The minimum absolute atomic E-state index is 0.161. The van der Waals surface area contributed by atoms with E-state index in [1.807, 2.05) is 6.07 Å². The molecular weight excluding hydrogens is 400 g/mol. The molecule has 1 heterocycles. The summed E-state index contributed by atoms with van der Waals surface area (Å²) in [6.07, 6.45) is -0.603. The molecule has 0 bridgehead atoms. The van der Waals surface area contributed by atoms with Crippen LogP contribution in [0.1, 0.15) is 10.5 Å². The van der Waals surface area contributed by atoms with Gasteiger partial charge in [0.25, 0.3) is 0 Å². The van der Waals surface area contributed by atoms with Crippen LogP contribution in [0.4, 0.5) is 4.79 Å². The van der Waals surface area contributed by atoms with Gasteiger partial charge in [-0.3, -0.25) is 4.79 Å². The second kappa shape index (κ2) is 9.11. The highest BCUT2D eigenvalue weighted by Gasteiger charge is 2.21. The first-order valence-corrected chi connectivity index (χ1v) is 9.36. The van der Waals surface area contributed by atoms with E-state index in [1.165, 1.54) is 23.9 Å². The predicted octanol–water partition coefficient (Wildman–Crippen LogP) is 2.56. The lowest BCUT2D eigenvalue weighted by Crippen LogP contribution is -2.28. The van der Waals surface area contributed by atoms with Crippen LogP contribution in [0.25, 0.3) is 11.0 Å². The number of hydrogen-bond acceptors (Lipinski definition) is 9. The fourth-order valence-corrected chi connectivity index (χ4v) is 3.24. The molecule has 3 aromatic rings. The molecule has 0 atom stereocenters. The summed E-state index contributed by atoms with van der Waals surface area (Å²) < 4.78 is 14.6. The van der Waals surface area contributed by atoms with Crippen LogP contribution in [-0.2, 0) is 4.74 Å². The van der Waals surface area contributed by atoms with Crippen molar-refractivity contribution in [1.29, 1.82) is 0 Å². The van der Waals surface area contributed by atoms with Gasteiger partial charge in [-0.25, -0.2) is 9.59 Å². The van der Waals surface area contributed by atoms with Gasteiger partial charge in [0.1, 0.15) is 11.1 Å². The van der Waals surface area contributed by atoms with E-state index in [0.717, 1.165) is 7.11 Å². The molecule has 1 amide bonds. The Morgan fingerprint density at radius 3 is 2.72 bits per heavy atom. The number of nitrogens with one attached hydrogen (secondary N) is 1. The molecule has 9 nitrogen and oxygen atoms in total. The quantitative estimate of drug-likeness (QED) is 0.354. The highest BCUT2D eigenvalue weighted by molar-refractivity contribution is 7.99.